The molecule has 0 saturated heterocycles. The van der Waals surface area contributed by atoms with Crippen LogP contribution in [0, 0.1) is 0 Å². The van der Waals surface area contributed by atoms with E-state index in [1.54, 1.807) is 12.1 Å². The van der Waals surface area contributed by atoms with Crippen molar-refractivity contribution in [1.29, 1.82) is 0 Å². The van der Waals surface area contributed by atoms with Crippen LogP contribution in [0.25, 0.3) is 4.91 Å². The molecule has 0 aromatic heterocycles. The summed E-state index contributed by atoms with van der Waals surface area (Å²) in [6.07, 6.45) is 3.57. The molecule has 3 rings (SSSR count). The highest BCUT2D eigenvalue weighted by molar-refractivity contribution is 7.99. The first-order valence-corrected chi connectivity index (χ1v) is 9.00. The molecular formula is C16H20N2O3S. The molecule has 1 aliphatic carbocycles. The largest absolute Gasteiger partial charge is 0.352 e. The second-order valence-corrected chi connectivity index (χ2v) is 7.60. The van der Waals surface area contributed by atoms with Crippen molar-refractivity contribution in [2.75, 3.05) is 6.54 Å². The molecule has 1 aromatic rings. The molecule has 1 fully saturated rings. The summed E-state index contributed by atoms with van der Waals surface area (Å²) < 4.78 is 28.3. The van der Waals surface area contributed by atoms with E-state index in [1.807, 2.05) is 18.2 Å². The maximum Gasteiger partial charge on any atom is 0.242 e. The molecule has 22 heavy (non-hydrogen) atoms. The first-order valence-electron chi connectivity index (χ1n) is 7.52. The van der Waals surface area contributed by atoms with Gasteiger partial charge in [0.2, 0.25) is 15.9 Å². The highest BCUT2D eigenvalue weighted by Gasteiger charge is 2.49. The van der Waals surface area contributed by atoms with Crippen LogP contribution in [0.3, 0.4) is 0 Å². The fourth-order valence-electron chi connectivity index (χ4n) is 3.51. The van der Waals surface area contributed by atoms with Crippen molar-refractivity contribution in [2.45, 2.75) is 38.1 Å². The van der Waals surface area contributed by atoms with Gasteiger partial charge in [-0.2, -0.15) is 0 Å². The molecular weight excluding hydrogens is 300 g/mol. The second kappa shape index (κ2) is 5.52. The molecule has 1 saturated carbocycles. The van der Waals surface area contributed by atoms with Gasteiger partial charge < -0.3 is 5.32 Å². The normalized spacial score (nSPS) is 22.2. The van der Waals surface area contributed by atoms with E-state index in [1.165, 1.54) is 6.92 Å². The number of amides is 1. The summed E-state index contributed by atoms with van der Waals surface area (Å²) >= 11 is 0. The first-order chi connectivity index (χ1) is 10.4. The average Bonchev–Trinajstić information content (AvgIpc) is 3.00. The average molecular weight is 320 g/mol. The zero-order chi connectivity index (χ0) is 15.8. The van der Waals surface area contributed by atoms with E-state index in [-0.39, 0.29) is 12.5 Å². The van der Waals surface area contributed by atoms with E-state index in [0.29, 0.717) is 10.5 Å². The molecule has 118 valence electrons. The van der Waals surface area contributed by atoms with Crippen LogP contribution in [0.5, 0.6) is 0 Å². The standard InChI is InChI=1S/C16H20N2O3S/c1-12(19)17-11-14-15(13-7-3-2-4-8-13)22(20,21)18-16(14)9-5-6-10-16/h2-4,7-8,18H,5-6,9-11H2,1H3,(H,17,19). The number of rotatable bonds is 3. The Kier molecular flexibility index (Phi) is 3.82. The number of nitrogens with one attached hydrogen (secondary N) is 2. The second-order valence-electron chi connectivity index (χ2n) is 5.98. The topological polar surface area (TPSA) is 75.3 Å². The lowest BCUT2D eigenvalue weighted by atomic mass is 9.87. The minimum absolute atomic E-state index is 0.155. The van der Waals surface area contributed by atoms with E-state index >= 15 is 0 Å². The summed E-state index contributed by atoms with van der Waals surface area (Å²) in [6.45, 7) is 1.72. The first kappa shape index (κ1) is 15.2. The van der Waals surface area contributed by atoms with Gasteiger partial charge in [-0.3, -0.25) is 4.79 Å². The Morgan fingerprint density at radius 2 is 1.86 bits per heavy atom. The number of benzene rings is 1. The van der Waals surface area contributed by atoms with E-state index in [9.17, 15) is 13.2 Å². The predicted molar refractivity (Wildman–Crippen MR) is 85.3 cm³/mol. The van der Waals surface area contributed by atoms with Crippen molar-refractivity contribution >= 4 is 20.8 Å². The zero-order valence-corrected chi connectivity index (χ0v) is 13.4. The molecule has 0 atom stereocenters. The van der Waals surface area contributed by atoms with Gasteiger partial charge in [0.25, 0.3) is 0 Å². The summed E-state index contributed by atoms with van der Waals surface area (Å²) in [5, 5.41) is 2.77. The zero-order valence-electron chi connectivity index (χ0n) is 12.6. The maximum absolute atomic E-state index is 12.7. The van der Waals surface area contributed by atoms with Crippen molar-refractivity contribution in [1.82, 2.24) is 10.0 Å². The molecule has 1 aromatic carbocycles. The molecule has 1 amide bonds. The summed E-state index contributed by atoms with van der Waals surface area (Å²) in [4.78, 5) is 11.6. The van der Waals surface area contributed by atoms with Gasteiger partial charge in [-0.25, -0.2) is 13.1 Å². The maximum atomic E-state index is 12.7. The molecule has 2 aliphatic rings. The Morgan fingerprint density at radius 1 is 1.23 bits per heavy atom. The summed E-state index contributed by atoms with van der Waals surface area (Å²) in [7, 11) is -3.55. The number of carbonyl (C=O) groups excluding carboxylic acids is 1. The lowest BCUT2D eigenvalue weighted by Crippen LogP contribution is -2.44. The van der Waals surface area contributed by atoms with Gasteiger partial charge in [0.15, 0.2) is 0 Å². The van der Waals surface area contributed by atoms with Crippen LogP contribution >= 0.6 is 0 Å². The Hall–Kier alpha value is -1.66. The van der Waals surface area contributed by atoms with Crippen LogP contribution in [-0.2, 0) is 14.8 Å². The molecule has 2 N–H and O–H groups in total. The predicted octanol–water partition coefficient (Wildman–Crippen LogP) is 1.78. The molecule has 0 unspecified atom stereocenters. The smallest absolute Gasteiger partial charge is 0.242 e. The monoisotopic (exact) mass is 320 g/mol. The van der Waals surface area contributed by atoms with E-state index < -0.39 is 15.6 Å². The molecule has 1 aliphatic heterocycles. The Labute approximate surface area is 130 Å². The third-order valence-electron chi connectivity index (χ3n) is 4.46. The number of sulfonamides is 1. The summed E-state index contributed by atoms with van der Waals surface area (Å²) in [5.74, 6) is -0.155. The molecule has 0 bridgehead atoms. The van der Waals surface area contributed by atoms with Crippen LogP contribution in [-0.4, -0.2) is 26.4 Å². The van der Waals surface area contributed by atoms with Crippen LogP contribution in [0.15, 0.2) is 35.9 Å². The third-order valence-corrected chi connectivity index (χ3v) is 6.14. The number of hydrogen-bond donors (Lipinski definition) is 2. The fraction of sp³-hybridized carbons (Fsp3) is 0.438. The lowest BCUT2D eigenvalue weighted by molar-refractivity contribution is -0.118. The Morgan fingerprint density at radius 3 is 2.45 bits per heavy atom. The highest BCUT2D eigenvalue weighted by Crippen LogP contribution is 2.46. The SMILES string of the molecule is CC(=O)NCC1=C(c2ccccc2)S(=O)(=O)NC12CCCC2. The van der Waals surface area contributed by atoms with Crippen LogP contribution < -0.4 is 10.0 Å². The number of carbonyl (C=O) groups is 1. The Bertz CT molecular complexity index is 717. The third kappa shape index (κ3) is 2.57. The van der Waals surface area contributed by atoms with E-state index in [2.05, 4.69) is 10.0 Å². The molecule has 1 spiro atoms. The van der Waals surface area contributed by atoms with Crippen molar-refractivity contribution in [3.8, 4) is 0 Å². The Balaban J connectivity index is 2.15. The van der Waals surface area contributed by atoms with Crippen LogP contribution in [0.4, 0.5) is 0 Å². The molecule has 0 radical (unpaired) electrons. The van der Waals surface area contributed by atoms with Gasteiger partial charge in [-0.1, -0.05) is 43.2 Å². The quantitative estimate of drug-likeness (QED) is 0.891. The minimum atomic E-state index is -3.55. The van der Waals surface area contributed by atoms with Gasteiger partial charge in [-0.15, -0.1) is 0 Å². The van der Waals surface area contributed by atoms with Crippen molar-refractivity contribution in [3.05, 3.63) is 41.5 Å². The summed E-state index contributed by atoms with van der Waals surface area (Å²) in [5.41, 5.74) is 0.956. The van der Waals surface area contributed by atoms with Crippen LogP contribution in [0.1, 0.15) is 38.2 Å². The van der Waals surface area contributed by atoms with Gasteiger partial charge in [0, 0.05) is 13.5 Å². The minimum Gasteiger partial charge on any atom is -0.352 e. The molecule has 5 nitrogen and oxygen atoms in total. The lowest BCUT2D eigenvalue weighted by Gasteiger charge is -2.26. The molecule has 6 heteroatoms. The number of hydrogen-bond acceptors (Lipinski definition) is 3. The highest BCUT2D eigenvalue weighted by atomic mass is 32.2. The van der Waals surface area contributed by atoms with Crippen molar-refractivity contribution in [3.63, 3.8) is 0 Å². The fourth-order valence-corrected chi connectivity index (χ4v) is 5.50. The van der Waals surface area contributed by atoms with Gasteiger partial charge >= 0.3 is 0 Å². The molecule has 1 heterocycles. The van der Waals surface area contributed by atoms with E-state index in [0.717, 1.165) is 31.3 Å². The van der Waals surface area contributed by atoms with E-state index in [4.69, 9.17) is 0 Å². The van der Waals surface area contributed by atoms with Crippen LogP contribution in [0.2, 0.25) is 0 Å². The van der Waals surface area contributed by atoms with Crippen molar-refractivity contribution < 1.29 is 13.2 Å². The van der Waals surface area contributed by atoms with Gasteiger partial charge in [-0.05, 0) is 24.0 Å². The summed E-state index contributed by atoms with van der Waals surface area (Å²) in [6, 6.07) is 9.12. The van der Waals surface area contributed by atoms with Gasteiger partial charge in [0.05, 0.1) is 10.4 Å². The van der Waals surface area contributed by atoms with Crippen molar-refractivity contribution in [2.24, 2.45) is 0 Å². The van der Waals surface area contributed by atoms with Gasteiger partial charge in [0.1, 0.15) is 0 Å².